The molecule has 2 aliphatic heterocycles. The van der Waals surface area contributed by atoms with Gasteiger partial charge in [0.25, 0.3) is 0 Å². The molecular formula is C25H38ClN3O3. The predicted molar refractivity (Wildman–Crippen MR) is 128 cm³/mol. The molecule has 0 radical (unpaired) electrons. The Hall–Kier alpha value is -1.79. The summed E-state index contributed by atoms with van der Waals surface area (Å²) < 4.78 is 5.63. The van der Waals surface area contributed by atoms with Crippen LogP contribution in [0.4, 0.5) is 4.79 Å². The van der Waals surface area contributed by atoms with Crippen LogP contribution < -0.4 is 0 Å². The average molecular weight is 464 g/mol. The number of benzene rings is 1. The molecule has 0 aliphatic carbocycles. The molecule has 1 aromatic carbocycles. The zero-order chi connectivity index (χ0) is 23.5. The average Bonchev–Trinajstić information content (AvgIpc) is 3.33. The number of likely N-dealkylation sites (N-methyl/N-ethyl adjacent to an activating group) is 1. The zero-order valence-electron chi connectivity index (χ0n) is 20.1. The van der Waals surface area contributed by atoms with Crippen LogP contribution in [-0.4, -0.2) is 71.1 Å². The zero-order valence-corrected chi connectivity index (χ0v) is 20.9. The first kappa shape index (κ1) is 24.8. The lowest BCUT2D eigenvalue weighted by molar-refractivity contribution is -0.136. The van der Waals surface area contributed by atoms with Gasteiger partial charge in [-0.2, -0.15) is 0 Å². The lowest BCUT2D eigenvalue weighted by Crippen LogP contribution is -2.51. The van der Waals surface area contributed by atoms with Crippen molar-refractivity contribution >= 4 is 23.6 Å². The van der Waals surface area contributed by atoms with Crippen molar-refractivity contribution in [2.24, 2.45) is 5.92 Å². The summed E-state index contributed by atoms with van der Waals surface area (Å²) in [6, 6.07) is 7.61. The van der Waals surface area contributed by atoms with Gasteiger partial charge in [0.05, 0.1) is 6.04 Å². The molecule has 1 unspecified atom stereocenters. The molecule has 2 fully saturated rings. The summed E-state index contributed by atoms with van der Waals surface area (Å²) >= 11 is 6.12. The Morgan fingerprint density at radius 1 is 1.22 bits per heavy atom. The Balaban J connectivity index is 1.69. The Bertz CT molecular complexity index is 810. The van der Waals surface area contributed by atoms with Gasteiger partial charge >= 0.3 is 6.09 Å². The standard InChI is InChI=1S/C25H38ClN3O3/c1-6-19-12-14-28(17-21-11-8-13-29(21)24(31)32-25(2,3)4)22(19)23(30)27(5)16-18-9-7-10-20(26)15-18/h7,9-10,15,19,21-22H,6,8,11-14,16-17H2,1-5H3/t19-,21?,22-/m0/s1. The molecule has 6 nitrogen and oxygen atoms in total. The fraction of sp³-hybridized carbons (Fsp3) is 0.680. The Morgan fingerprint density at radius 2 is 1.97 bits per heavy atom. The van der Waals surface area contributed by atoms with Gasteiger partial charge in [0.2, 0.25) is 5.91 Å². The van der Waals surface area contributed by atoms with E-state index in [-0.39, 0.29) is 24.1 Å². The molecule has 2 heterocycles. The molecule has 178 valence electrons. The molecule has 32 heavy (non-hydrogen) atoms. The van der Waals surface area contributed by atoms with Gasteiger partial charge in [-0.05, 0) is 70.2 Å². The summed E-state index contributed by atoms with van der Waals surface area (Å²) in [5.74, 6) is 0.483. The number of carbonyl (C=O) groups is 2. The third-order valence-electron chi connectivity index (χ3n) is 6.54. The van der Waals surface area contributed by atoms with Crippen molar-refractivity contribution in [1.82, 2.24) is 14.7 Å². The van der Waals surface area contributed by atoms with E-state index in [4.69, 9.17) is 16.3 Å². The maximum absolute atomic E-state index is 13.5. The molecular weight excluding hydrogens is 426 g/mol. The Morgan fingerprint density at radius 3 is 2.62 bits per heavy atom. The number of rotatable bonds is 6. The summed E-state index contributed by atoms with van der Waals surface area (Å²) in [4.78, 5) is 32.2. The molecule has 3 rings (SSSR count). The molecule has 2 amide bonds. The van der Waals surface area contributed by atoms with E-state index >= 15 is 0 Å². The van der Waals surface area contributed by atoms with Crippen LogP contribution in [0.1, 0.15) is 58.9 Å². The minimum Gasteiger partial charge on any atom is -0.444 e. The number of ether oxygens (including phenoxy) is 1. The molecule has 3 atom stereocenters. The maximum atomic E-state index is 13.5. The van der Waals surface area contributed by atoms with Crippen molar-refractivity contribution in [2.45, 2.75) is 77.6 Å². The molecule has 0 saturated carbocycles. The number of hydrogen-bond acceptors (Lipinski definition) is 4. The smallest absolute Gasteiger partial charge is 0.410 e. The highest BCUT2D eigenvalue weighted by molar-refractivity contribution is 6.30. The summed E-state index contributed by atoms with van der Waals surface area (Å²) in [5, 5.41) is 0.681. The monoisotopic (exact) mass is 463 g/mol. The molecule has 2 saturated heterocycles. The van der Waals surface area contributed by atoms with Crippen molar-refractivity contribution in [2.75, 3.05) is 26.7 Å². The lowest BCUT2D eigenvalue weighted by Gasteiger charge is -2.35. The molecule has 0 aromatic heterocycles. The van der Waals surface area contributed by atoms with Gasteiger partial charge in [-0.15, -0.1) is 0 Å². The van der Waals surface area contributed by atoms with Crippen LogP contribution in [0.2, 0.25) is 5.02 Å². The first-order valence-corrected chi connectivity index (χ1v) is 12.2. The van der Waals surface area contributed by atoms with Gasteiger partial charge in [-0.3, -0.25) is 9.69 Å². The van der Waals surface area contributed by atoms with E-state index in [1.807, 2.05) is 61.9 Å². The fourth-order valence-electron chi connectivity index (χ4n) is 4.99. The highest BCUT2D eigenvalue weighted by atomic mass is 35.5. The van der Waals surface area contributed by atoms with Crippen LogP contribution in [0.3, 0.4) is 0 Å². The van der Waals surface area contributed by atoms with E-state index in [2.05, 4.69) is 11.8 Å². The van der Waals surface area contributed by atoms with Gasteiger partial charge in [-0.25, -0.2) is 4.79 Å². The summed E-state index contributed by atoms with van der Waals surface area (Å²) in [5.41, 5.74) is 0.519. The maximum Gasteiger partial charge on any atom is 0.410 e. The normalized spacial score (nSPS) is 24.1. The van der Waals surface area contributed by atoms with E-state index in [0.29, 0.717) is 17.5 Å². The topological polar surface area (TPSA) is 53.1 Å². The van der Waals surface area contributed by atoms with Gasteiger partial charge in [-0.1, -0.05) is 37.1 Å². The second-order valence-electron chi connectivity index (χ2n) is 10.2. The highest BCUT2D eigenvalue weighted by Crippen LogP contribution is 2.31. The van der Waals surface area contributed by atoms with Crippen LogP contribution in [0.25, 0.3) is 0 Å². The Labute approximate surface area is 197 Å². The third kappa shape index (κ3) is 6.16. The van der Waals surface area contributed by atoms with Gasteiger partial charge in [0, 0.05) is 37.7 Å². The number of hydrogen-bond donors (Lipinski definition) is 0. The van der Waals surface area contributed by atoms with Crippen molar-refractivity contribution in [3.05, 3.63) is 34.9 Å². The van der Waals surface area contributed by atoms with E-state index in [1.165, 1.54) is 0 Å². The van der Waals surface area contributed by atoms with Crippen molar-refractivity contribution < 1.29 is 14.3 Å². The van der Waals surface area contributed by atoms with Crippen molar-refractivity contribution in [1.29, 1.82) is 0 Å². The van der Waals surface area contributed by atoms with E-state index in [9.17, 15) is 9.59 Å². The van der Waals surface area contributed by atoms with Gasteiger partial charge < -0.3 is 14.5 Å². The van der Waals surface area contributed by atoms with E-state index in [1.54, 1.807) is 0 Å². The summed E-state index contributed by atoms with van der Waals surface area (Å²) in [6.45, 7) is 10.7. The molecule has 0 N–H and O–H groups in total. The second kappa shape index (κ2) is 10.4. The van der Waals surface area contributed by atoms with Crippen LogP contribution >= 0.6 is 11.6 Å². The van der Waals surface area contributed by atoms with Crippen LogP contribution in [0, 0.1) is 5.92 Å². The number of carbonyl (C=O) groups excluding carboxylic acids is 2. The molecule has 0 spiro atoms. The van der Waals surface area contributed by atoms with Crippen LogP contribution in [0.5, 0.6) is 0 Å². The second-order valence-corrected chi connectivity index (χ2v) is 10.6. The quantitative estimate of drug-likeness (QED) is 0.608. The minimum absolute atomic E-state index is 0.0917. The first-order valence-electron chi connectivity index (χ1n) is 11.8. The van der Waals surface area contributed by atoms with E-state index < -0.39 is 5.60 Å². The highest BCUT2D eigenvalue weighted by Gasteiger charge is 2.42. The molecule has 1 aromatic rings. The molecule has 2 aliphatic rings. The number of nitrogens with zero attached hydrogens (tertiary/aromatic N) is 3. The number of amides is 2. The lowest BCUT2D eigenvalue weighted by atomic mass is 9.96. The third-order valence-corrected chi connectivity index (χ3v) is 6.77. The predicted octanol–water partition coefficient (Wildman–Crippen LogP) is 4.80. The fourth-order valence-corrected chi connectivity index (χ4v) is 5.20. The first-order chi connectivity index (χ1) is 15.1. The van der Waals surface area contributed by atoms with Crippen LogP contribution in [0.15, 0.2) is 24.3 Å². The van der Waals surface area contributed by atoms with Crippen LogP contribution in [-0.2, 0) is 16.1 Å². The minimum atomic E-state index is -0.507. The molecule has 0 bridgehead atoms. The van der Waals surface area contributed by atoms with Crippen molar-refractivity contribution in [3.63, 3.8) is 0 Å². The summed E-state index contributed by atoms with van der Waals surface area (Å²) in [6.07, 6.45) is 3.66. The SMILES string of the molecule is CC[C@H]1CCN(CC2CCCN2C(=O)OC(C)(C)C)[C@@H]1C(=O)N(C)Cc1cccc(Cl)c1. The van der Waals surface area contributed by atoms with Gasteiger partial charge in [0.15, 0.2) is 0 Å². The Kier molecular flexibility index (Phi) is 8.10. The van der Waals surface area contributed by atoms with Gasteiger partial charge in [0.1, 0.15) is 5.60 Å². The van der Waals surface area contributed by atoms with E-state index in [0.717, 1.165) is 50.9 Å². The number of halogens is 1. The molecule has 7 heteroatoms. The largest absolute Gasteiger partial charge is 0.444 e. The summed E-state index contributed by atoms with van der Waals surface area (Å²) in [7, 11) is 1.87. The van der Waals surface area contributed by atoms with Crippen molar-refractivity contribution in [3.8, 4) is 0 Å². The number of likely N-dealkylation sites (tertiary alicyclic amines) is 2.